The molecular weight excluding hydrogens is 311 g/mol. The van der Waals surface area contributed by atoms with Gasteiger partial charge in [-0.1, -0.05) is 35.3 Å². The van der Waals surface area contributed by atoms with Gasteiger partial charge in [0.1, 0.15) is 10.9 Å². The third-order valence-electron chi connectivity index (χ3n) is 2.95. The standard InChI is InChI=1S/C15H14Cl2N2O2/c1-19(9-10-4-3-5-11(6-10)21-2)15(20)12-7-14(17)18-8-13(12)16/h3-8H,9H2,1-2H3. The lowest BCUT2D eigenvalue weighted by molar-refractivity contribution is 0.0785. The van der Waals surface area contributed by atoms with Crippen LogP contribution in [0.25, 0.3) is 0 Å². The zero-order chi connectivity index (χ0) is 15.4. The van der Waals surface area contributed by atoms with Gasteiger partial charge in [0.15, 0.2) is 0 Å². The number of pyridine rings is 1. The van der Waals surface area contributed by atoms with E-state index in [1.807, 2.05) is 24.3 Å². The molecule has 2 rings (SSSR count). The smallest absolute Gasteiger partial charge is 0.255 e. The van der Waals surface area contributed by atoms with Crippen molar-refractivity contribution in [1.29, 1.82) is 0 Å². The largest absolute Gasteiger partial charge is 0.497 e. The molecule has 1 heterocycles. The Morgan fingerprint density at radius 1 is 1.33 bits per heavy atom. The van der Waals surface area contributed by atoms with Crippen molar-refractivity contribution in [2.75, 3.05) is 14.2 Å². The maximum atomic E-state index is 12.4. The van der Waals surface area contributed by atoms with Crippen LogP contribution in [-0.4, -0.2) is 29.9 Å². The second-order valence-corrected chi connectivity index (χ2v) is 5.29. The fourth-order valence-corrected chi connectivity index (χ4v) is 2.24. The van der Waals surface area contributed by atoms with E-state index in [2.05, 4.69) is 4.98 Å². The third-order valence-corrected chi connectivity index (χ3v) is 3.46. The monoisotopic (exact) mass is 324 g/mol. The number of methoxy groups -OCH3 is 1. The van der Waals surface area contributed by atoms with E-state index < -0.39 is 0 Å². The molecule has 0 atom stereocenters. The maximum Gasteiger partial charge on any atom is 0.255 e. The molecule has 21 heavy (non-hydrogen) atoms. The molecule has 1 amide bonds. The second-order valence-electron chi connectivity index (χ2n) is 4.50. The first kappa shape index (κ1) is 15.6. The molecule has 0 aliphatic rings. The Morgan fingerprint density at radius 2 is 2.10 bits per heavy atom. The number of nitrogens with zero attached hydrogens (tertiary/aromatic N) is 2. The van der Waals surface area contributed by atoms with Crippen molar-refractivity contribution in [3.05, 3.63) is 57.8 Å². The topological polar surface area (TPSA) is 42.4 Å². The number of rotatable bonds is 4. The van der Waals surface area contributed by atoms with Crippen molar-refractivity contribution in [3.63, 3.8) is 0 Å². The number of carbonyl (C=O) groups is 1. The summed E-state index contributed by atoms with van der Waals surface area (Å²) in [4.78, 5) is 17.8. The summed E-state index contributed by atoms with van der Waals surface area (Å²) in [6.07, 6.45) is 1.37. The zero-order valence-corrected chi connectivity index (χ0v) is 13.1. The van der Waals surface area contributed by atoms with Gasteiger partial charge in [0, 0.05) is 19.8 Å². The summed E-state index contributed by atoms with van der Waals surface area (Å²) < 4.78 is 5.17. The first-order chi connectivity index (χ1) is 10.0. The molecule has 0 N–H and O–H groups in total. The minimum atomic E-state index is -0.216. The average molecular weight is 325 g/mol. The molecule has 4 nitrogen and oxygen atoms in total. The van der Waals surface area contributed by atoms with Crippen molar-refractivity contribution >= 4 is 29.1 Å². The maximum absolute atomic E-state index is 12.4. The highest BCUT2D eigenvalue weighted by atomic mass is 35.5. The van der Waals surface area contributed by atoms with E-state index in [4.69, 9.17) is 27.9 Å². The van der Waals surface area contributed by atoms with Crippen LogP contribution in [0.1, 0.15) is 15.9 Å². The summed E-state index contributed by atoms with van der Waals surface area (Å²) >= 11 is 11.8. The van der Waals surface area contributed by atoms with Gasteiger partial charge in [0.25, 0.3) is 5.91 Å². The molecule has 0 unspecified atom stereocenters. The number of aromatic nitrogens is 1. The number of carbonyl (C=O) groups excluding carboxylic acids is 1. The molecule has 0 aliphatic carbocycles. The van der Waals surface area contributed by atoms with Gasteiger partial charge in [0.05, 0.1) is 17.7 Å². The Balaban J connectivity index is 2.17. The van der Waals surface area contributed by atoms with E-state index in [9.17, 15) is 4.79 Å². The first-order valence-electron chi connectivity index (χ1n) is 6.20. The molecule has 0 saturated carbocycles. The van der Waals surface area contributed by atoms with Gasteiger partial charge in [-0.2, -0.15) is 0 Å². The van der Waals surface area contributed by atoms with Crippen LogP contribution in [0, 0.1) is 0 Å². The van der Waals surface area contributed by atoms with Gasteiger partial charge >= 0.3 is 0 Å². The van der Waals surface area contributed by atoms with Crippen LogP contribution in [0.4, 0.5) is 0 Å². The summed E-state index contributed by atoms with van der Waals surface area (Å²) in [5, 5.41) is 0.513. The van der Waals surface area contributed by atoms with Crippen molar-refractivity contribution in [3.8, 4) is 5.75 Å². The highest BCUT2D eigenvalue weighted by molar-refractivity contribution is 6.35. The van der Waals surface area contributed by atoms with Gasteiger partial charge < -0.3 is 9.64 Å². The van der Waals surface area contributed by atoms with E-state index >= 15 is 0 Å². The molecule has 1 aromatic heterocycles. The number of hydrogen-bond donors (Lipinski definition) is 0. The quantitative estimate of drug-likeness (QED) is 0.806. The summed E-state index contributed by atoms with van der Waals surface area (Å²) in [5.74, 6) is 0.533. The molecule has 0 fully saturated rings. The molecule has 0 aliphatic heterocycles. The van der Waals surface area contributed by atoms with E-state index in [1.54, 1.807) is 19.1 Å². The SMILES string of the molecule is COc1cccc(CN(C)C(=O)c2cc(Cl)ncc2Cl)c1. The minimum Gasteiger partial charge on any atom is -0.497 e. The average Bonchev–Trinajstić information content (AvgIpc) is 2.49. The van der Waals surface area contributed by atoms with E-state index in [1.165, 1.54) is 12.3 Å². The Hall–Kier alpha value is -1.78. The highest BCUT2D eigenvalue weighted by Gasteiger charge is 2.16. The zero-order valence-electron chi connectivity index (χ0n) is 11.6. The van der Waals surface area contributed by atoms with Crippen LogP contribution in [-0.2, 0) is 6.54 Å². The molecule has 0 radical (unpaired) electrons. The van der Waals surface area contributed by atoms with Crippen molar-refractivity contribution in [1.82, 2.24) is 9.88 Å². The Kier molecular flexibility index (Phi) is 5.04. The molecule has 110 valence electrons. The predicted molar refractivity (Wildman–Crippen MR) is 83.0 cm³/mol. The van der Waals surface area contributed by atoms with Gasteiger partial charge in [-0.3, -0.25) is 4.79 Å². The lowest BCUT2D eigenvalue weighted by Crippen LogP contribution is -2.26. The third kappa shape index (κ3) is 3.86. The minimum absolute atomic E-state index is 0.216. The number of hydrogen-bond acceptors (Lipinski definition) is 3. The normalized spacial score (nSPS) is 10.3. The fraction of sp³-hybridized carbons (Fsp3) is 0.200. The van der Waals surface area contributed by atoms with E-state index in [-0.39, 0.29) is 16.1 Å². The number of ether oxygens (including phenoxy) is 1. The van der Waals surface area contributed by atoms with Crippen LogP contribution in [0.2, 0.25) is 10.2 Å². The molecule has 0 saturated heterocycles. The van der Waals surface area contributed by atoms with Gasteiger partial charge in [-0.25, -0.2) is 4.98 Å². The molecular formula is C15H14Cl2N2O2. The van der Waals surface area contributed by atoms with E-state index in [0.29, 0.717) is 12.1 Å². The van der Waals surface area contributed by atoms with Crippen LogP contribution in [0.15, 0.2) is 36.5 Å². The van der Waals surface area contributed by atoms with E-state index in [0.717, 1.165) is 11.3 Å². The molecule has 2 aromatic rings. The van der Waals surface area contributed by atoms with Crippen LogP contribution < -0.4 is 4.74 Å². The Bertz CT molecular complexity index is 662. The van der Waals surface area contributed by atoms with Gasteiger partial charge in [-0.05, 0) is 23.8 Å². The van der Waals surface area contributed by atoms with Crippen molar-refractivity contribution < 1.29 is 9.53 Å². The lowest BCUT2D eigenvalue weighted by Gasteiger charge is -2.18. The predicted octanol–water partition coefficient (Wildman–Crippen LogP) is 3.67. The second kappa shape index (κ2) is 6.78. The fourth-order valence-electron chi connectivity index (χ4n) is 1.90. The van der Waals surface area contributed by atoms with Crippen molar-refractivity contribution in [2.24, 2.45) is 0 Å². The molecule has 0 bridgehead atoms. The Labute approximate surface area is 133 Å². The number of halogens is 2. The molecule has 6 heteroatoms. The lowest BCUT2D eigenvalue weighted by atomic mass is 10.2. The van der Waals surface area contributed by atoms with Crippen molar-refractivity contribution in [2.45, 2.75) is 6.54 Å². The highest BCUT2D eigenvalue weighted by Crippen LogP contribution is 2.21. The van der Waals surface area contributed by atoms with Crippen LogP contribution in [0.5, 0.6) is 5.75 Å². The summed E-state index contributed by atoms with van der Waals surface area (Å²) in [6, 6.07) is 9.00. The van der Waals surface area contributed by atoms with Gasteiger partial charge in [0.2, 0.25) is 0 Å². The summed E-state index contributed by atoms with van der Waals surface area (Å²) in [5.41, 5.74) is 1.29. The molecule has 1 aromatic carbocycles. The summed E-state index contributed by atoms with van der Waals surface area (Å²) in [6.45, 7) is 0.437. The van der Waals surface area contributed by atoms with Gasteiger partial charge in [-0.15, -0.1) is 0 Å². The van der Waals surface area contributed by atoms with Crippen LogP contribution in [0.3, 0.4) is 0 Å². The first-order valence-corrected chi connectivity index (χ1v) is 6.96. The summed E-state index contributed by atoms with van der Waals surface area (Å²) in [7, 11) is 3.30. The molecule has 0 spiro atoms. The Morgan fingerprint density at radius 3 is 2.81 bits per heavy atom. The number of amides is 1. The van der Waals surface area contributed by atoms with Crippen LogP contribution >= 0.6 is 23.2 Å². The number of benzene rings is 1.